The number of benzene rings is 1. The monoisotopic (exact) mass is 437 g/mol. The van der Waals surface area contributed by atoms with Crippen LogP contribution in [0.4, 0.5) is 0 Å². The van der Waals surface area contributed by atoms with Crippen LogP contribution in [-0.4, -0.2) is 44.7 Å². The standard InChI is InChI=1S/C25H31N3O4/c1-4-17-11-19(9-15(2)23(17)31-14-21(30)13-29)24-27-25(32-28-24)20-10-16(3)26-22(12-20)18-7-5-6-8-18/h9-12,18,21,29-30H,4-8,13-14H2,1-3H3/t21-/m1/s1. The Labute approximate surface area is 188 Å². The first-order chi connectivity index (χ1) is 15.5. The number of nitrogens with zero attached hydrogens (tertiary/aromatic N) is 3. The molecule has 1 saturated carbocycles. The van der Waals surface area contributed by atoms with Crippen molar-refractivity contribution in [2.45, 2.75) is 64.9 Å². The summed E-state index contributed by atoms with van der Waals surface area (Å²) in [6.45, 7) is 5.70. The molecule has 7 heteroatoms. The van der Waals surface area contributed by atoms with Crippen molar-refractivity contribution in [2.24, 2.45) is 0 Å². The maximum absolute atomic E-state index is 9.61. The van der Waals surface area contributed by atoms with Crippen molar-refractivity contribution in [3.05, 3.63) is 46.8 Å². The van der Waals surface area contributed by atoms with Crippen molar-refractivity contribution >= 4 is 0 Å². The second kappa shape index (κ2) is 9.79. The fourth-order valence-electron chi connectivity index (χ4n) is 4.38. The van der Waals surface area contributed by atoms with Crippen molar-refractivity contribution in [1.82, 2.24) is 15.1 Å². The molecule has 0 bridgehead atoms. The van der Waals surface area contributed by atoms with Crippen LogP contribution < -0.4 is 4.74 Å². The lowest BCUT2D eigenvalue weighted by Crippen LogP contribution is -2.22. The number of hydrogen-bond donors (Lipinski definition) is 2. The fraction of sp³-hybridized carbons (Fsp3) is 0.480. The van der Waals surface area contributed by atoms with E-state index in [1.807, 2.05) is 39.0 Å². The Hall–Kier alpha value is -2.77. The van der Waals surface area contributed by atoms with Crippen LogP contribution in [0.5, 0.6) is 5.75 Å². The number of aliphatic hydroxyl groups excluding tert-OH is 2. The lowest BCUT2D eigenvalue weighted by molar-refractivity contribution is 0.0531. The van der Waals surface area contributed by atoms with Crippen molar-refractivity contribution in [1.29, 1.82) is 0 Å². The third-order valence-electron chi connectivity index (χ3n) is 6.04. The highest BCUT2D eigenvalue weighted by molar-refractivity contribution is 5.64. The zero-order valence-electron chi connectivity index (χ0n) is 19.0. The molecule has 170 valence electrons. The molecule has 0 aliphatic heterocycles. The Morgan fingerprint density at radius 2 is 1.88 bits per heavy atom. The maximum atomic E-state index is 9.61. The van der Waals surface area contributed by atoms with Gasteiger partial charge in [0, 0.05) is 28.4 Å². The lowest BCUT2D eigenvalue weighted by Gasteiger charge is -2.16. The van der Waals surface area contributed by atoms with E-state index in [1.165, 1.54) is 25.7 Å². The highest BCUT2D eigenvalue weighted by atomic mass is 16.5. The Morgan fingerprint density at radius 3 is 2.59 bits per heavy atom. The van der Waals surface area contributed by atoms with Crippen LogP contribution in [0.15, 0.2) is 28.8 Å². The predicted molar refractivity (Wildman–Crippen MR) is 122 cm³/mol. The first-order valence-corrected chi connectivity index (χ1v) is 11.4. The molecule has 0 unspecified atom stereocenters. The van der Waals surface area contributed by atoms with Gasteiger partial charge < -0.3 is 19.5 Å². The van der Waals surface area contributed by atoms with Gasteiger partial charge in [-0.25, -0.2) is 0 Å². The molecule has 4 rings (SSSR count). The quantitative estimate of drug-likeness (QED) is 0.540. The van der Waals surface area contributed by atoms with E-state index in [9.17, 15) is 5.11 Å². The molecule has 0 saturated heterocycles. The largest absolute Gasteiger partial charge is 0.490 e. The van der Waals surface area contributed by atoms with E-state index in [2.05, 4.69) is 16.2 Å². The van der Waals surface area contributed by atoms with E-state index in [0.717, 1.165) is 45.8 Å². The molecular formula is C25H31N3O4. The molecule has 2 N–H and O–H groups in total. The normalized spacial score (nSPS) is 15.3. The minimum atomic E-state index is -0.906. The number of aryl methyl sites for hydroxylation is 3. The van der Waals surface area contributed by atoms with Gasteiger partial charge in [0.25, 0.3) is 5.89 Å². The molecule has 1 fully saturated rings. The Balaban J connectivity index is 1.62. The summed E-state index contributed by atoms with van der Waals surface area (Å²) in [5.74, 6) is 2.25. The number of aromatic nitrogens is 3. The minimum absolute atomic E-state index is 0.0424. The Bertz CT molecular complexity index is 1070. The Morgan fingerprint density at radius 1 is 1.09 bits per heavy atom. The zero-order valence-corrected chi connectivity index (χ0v) is 19.0. The number of hydrogen-bond acceptors (Lipinski definition) is 7. The highest BCUT2D eigenvalue weighted by Gasteiger charge is 2.21. The van der Waals surface area contributed by atoms with Crippen molar-refractivity contribution in [2.75, 3.05) is 13.2 Å². The molecular weight excluding hydrogens is 406 g/mol. The van der Waals surface area contributed by atoms with E-state index in [4.69, 9.17) is 19.4 Å². The van der Waals surface area contributed by atoms with Gasteiger partial charge in [0.05, 0.1) is 6.61 Å². The fourth-order valence-corrected chi connectivity index (χ4v) is 4.38. The van der Waals surface area contributed by atoms with Gasteiger partial charge >= 0.3 is 0 Å². The highest BCUT2D eigenvalue weighted by Crippen LogP contribution is 2.35. The van der Waals surface area contributed by atoms with Crippen LogP contribution >= 0.6 is 0 Å². The molecule has 2 heterocycles. The van der Waals surface area contributed by atoms with Crippen LogP contribution in [0, 0.1) is 13.8 Å². The van der Waals surface area contributed by atoms with Crippen LogP contribution in [0.3, 0.4) is 0 Å². The third kappa shape index (κ3) is 4.84. The summed E-state index contributed by atoms with van der Waals surface area (Å²) in [6.07, 6.45) is 4.74. The van der Waals surface area contributed by atoms with Gasteiger partial charge in [-0.15, -0.1) is 0 Å². The first kappa shape index (κ1) is 22.4. The van der Waals surface area contributed by atoms with Crippen LogP contribution in [-0.2, 0) is 6.42 Å². The third-order valence-corrected chi connectivity index (χ3v) is 6.04. The molecule has 7 nitrogen and oxygen atoms in total. The van der Waals surface area contributed by atoms with Gasteiger partial charge in [-0.05, 0) is 68.5 Å². The zero-order chi connectivity index (χ0) is 22.7. The lowest BCUT2D eigenvalue weighted by atomic mass is 10.0. The summed E-state index contributed by atoms with van der Waals surface area (Å²) < 4.78 is 11.4. The number of rotatable bonds is 8. The Kier molecular flexibility index (Phi) is 6.86. The number of ether oxygens (including phenoxy) is 1. The van der Waals surface area contributed by atoms with E-state index >= 15 is 0 Å². The van der Waals surface area contributed by atoms with E-state index < -0.39 is 6.10 Å². The minimum Gasteiger partial charge on any atom is -0.490 e. The van der Waals surface area contributed by atoms with E-state index in [1.54, 1.807) is 0 Å². The van der Waals surface area contributed by atoms with E-state index in [0.29, 0.717) is 17.6 Å². The summed E-state index contributed by atoms with van der Waals surface area (Å²) >= 11 is 0. The summed E-state index contributed by atoms with van der Waals surface area (Å²) in [4.78, 5) is 9.42. The van der Waals surface area contributed by atoms with Gasteiger partial charge in [-0.3, -0.25) is 4.98 Å². The van der Waals surface area contributed by atoms with Crippen LogP contribution in [0.1, 0.15) is 61.0 Å². The molecule has 2 aromatic heterocycles. The molecule has 1 atom stereocenters. The molecule has 0 radical (unpaired) electrons. The van der Waals surface area contributed by atoms with Gasteiger partial charge in [0.15, 0.2) is 0 Å². The van der Waals surface area contributed by atoms with Gasteiger partial charge in [0.1, 0.15) is 18.5 Å². The van der Waals surface area contributed by atoms with Gasteiger partial charge in [-0.2, -0.15) is 4.98 Å². The smallest absolute Gasteiger partial charge is 0.258 e. The van der Waals surface area contributed by atoms with Gasteiger partial charge in [-0.1, -0.05) is 24.9 Å². The average Bonchev–Trinajstić information content (AvgIpc) is 3.49. The van der Waals surface area contributed by atoms with Crippen molar-refractivity contribution < 1.29 is 19.5 Å². The summed E-state index contributed by atoms with van der Waals surface area (Å²) in [5, 5.41) is 22.9. The maximum Gasteiger partial charge on any atom is 0.258 e. The van der Waals surface area contributed by atoms with Crippen LogP contribution in [0.25, 0.3) is 22.8 Å². The topological polar surface area (TPSA) is 102 Å². The van der Waals surface area contributed by atoms with Crippen molar-refractivity contribution in [3.63, 3.8) is 0 Å². The second-order valence-corrected chi connectivity index (χ2v) is 8.61. The SMILES string of the molecule is CCc1cc(-c2noc(-c3cc(C)nc(C4CCCC4)c3)n2)cc(C)c1OC[C@H](O)CO. The molecule has 0 amide bonds. The van der Waals surface area contributed by atoms with Crippen LogP contribution in [0.2, 0.25) is 0 Å². The summed E-state index contributed by atoms with van der Waals surface area (Å²) in [5.41, 5.74) is 5.74. The predicted octanol–water partition coefficient (Wildman–Crippen LogP) is 4.37. The molecule has 1 aliphatic carbocycles. The molecule has 3 aromatic rings. The van der Waals surface area contributed by atoms with Gasteiger partial charge in [0.2, 0.25) is 5.82 Å². The van der Waals surface area contributed by atoms with E-state index in [-0.39, 0.29) is 13.2 Å². The molecule has 1 aliphatic rings. The molecule has 32 heavy (non-hydrogen) atoms. The number of pyridine rings is 1. The van der Waals surface area contributed by atoms with Crippen molar-refractivity contribution in [3.8, 4) is 28.6 Å². The first-order valence-electron chi connectivity index (χ1n) is 11.4. The molecule has 1 aromatic carbocycles. The number of aliphatic hydroxyl groups is 2. The molecule has 0 spiro atoms. The summed E-state index contributed by atoms with van der Waals surface area (Å²) in [7, 11) is 0. The summed E-state index contributed by atoms with van der Waals surface area (Å²) in [6, 6.07) is 8.02. The average molecular weight is 438 g/mol. The second-order valence-electron chi connectivity index (χ2n) is 8.61.